The Balaban J connectivity index is 0.000000216. The van der Waals surface area contributed by atoms with Crippen molar-refractivity contribution in [2.24, 2.45) is 23.7 Å². The molecule has 0 saturated heterocycles. The molecule has 0 radical (unpaired) electrons. The molecular weight excluding hydrogens is 2230 g/mol. The van der Waals surface area contributed by atoms with Crippen molar-refractivity contribution in [1.82, 2.24) is 59.8 Å². The first kappa shape index (κ1) is 121. The highest BCUT2D eigenvalue weighted by molar-refractivity contribution is 14.1. The number of nitrogens with zero attached hydrogens (tertiary/aromatic N) is 12. The van der Waals surface area contributed by atoms with E-state index in [0.717, 1.165) is 71.5 Å². The Morgan fingerprint density at radius 3 is 0.965 bits per heavy atom. The number of thioether (sulfide) groups is 4. The number of fused-ring (bicyclic) bond motifs is 2. The minimum Gasteiger partial charge on any atom is -0.437 e. The van der Waals surface area contributed by atoms with E-state index in [4.69, 9.17) is 45.6 Å². The largest absolute Gasteiger partial charge is 0.437 e. The zero-order chi connectivity index (χ0) is 105. The Morgan fingerprint density at radius 1 is 0.390 bits per heavy atom. The summed E-state index contributed by atoms with van der Waals surface area (Å²) in [7, 11) is -12.4. The van der Waals surface area contributed by atoms with Gasteiger partial charge in [-0.25, -0.2) is 49.8 Å². The number of thiazole rings is 2. The Morgan fingerprint density at radius 2 is 0.674 bits per heavy atom. The van der Waals surface area contributed by atoms with Crippen LogP contribution in [0.5, 0.6) is 0 Å². The van der Waals surface area contributed by atoms with Crippen molar-refractivity contribution in [3.8, 4) is 21.1 Å². The Bertz CT molecular complexity index is 5240. The van der Waals surface area contributed by atoms with E-state index >= 15 is 0 Å². The maximum Gasteiger partial charge on any atom is 0.333 e. The summed E-state index contributed by atoms with van der Waals surface area (Å²) in [4.78, 5) is 68.2. The van der Waals surface area contributed by atoms with Crippen molar-refractivity contribution >= 4 is 217 Å². The van der Waals surface area contributed by atoms with Crippen LogP contribution in [-0.4, -0.2) is 278 Å². The number of carbonyl (C=O) groups is 1. The van der Waals surface area contributed by atoms with Gasteiger partial charge in [0.2, 0.25) is 0 Å². The molecule has 4 saturated carbocycles. The third-order valence-corrected chi connectivity index (χ3v) is 61.5. The first-order valence-corrected chi connectivity index (χ1v) is 69.7. The molecule has 788 valence electrons. The number of hydrogen-bond donors (Lipinski definition) is 12. The molecule has 0 aromatic carbocycles. The number of aliphatic hydroxyl groups is 8. The van der Waals surface area contributed by atoms with Crippen LogP contribution in [0, 0.1) is 58.5 Å². The van der Waals surface area contributed by atoms with Crippen LogP contribution in [-0.2, 0) is 30.4 Å². The smallest absolute Gasteiger partial charge is 0.333 e. The maximum atomic E-state index is 13.4. The summed E-state index contributed by atoms with van der Waals surface area (Å²) in [5.74, 6) is 1.24. The molecule has 0 aliphatic heterocycles. The monoisotopic (exact) mass is 2390 g/mol. The van der Waals surface area contributed by atoms with E-state index in [0.29, 0.717) is 134 Å². The Kier molecular flexibility index (Phi) is 46.7. The molecule has 4 aliphatic rings. The number of aryl methyl sites for hydroxylation is 4. The molecular formula is C96H160I2N16O15S6Si6. The average molecular weight is 2390 g/mol. The van der Waals surface area contributed by atoms with Gasteiger partial charge in [-0.3, -0.25) is 14.8 Å². The van der Waals surface area contributed by atoms with Gasteiger partial charge in [-0.05, 0) is 202 Å². The number of Topliss-reactive ketones (excluding diaryl/α,β-unsaturated/α-hetero) is 1. The number of aliphatic hydroxyl groups excluding tert-OH is 8. The van der Waals surface area contributed by atoms with Gasteiger partial charge < -0.3 is 87.7 Å². The predicted molar refractivity (Wildman–Crippen MR) is 610 cm³/mol. The van der Waals surface area contributed by atoms with Crippen LogP contribution in [0.1, 0.15) is 215 Å². The second-order valence-corrected chi connectivity index (χ2v) is 74.9. The Labute approximate surface area is 897 Å². The van der Waals surface area contributed by atoms with Crippen molar-refractivity contribution in [1.29, 1.82) is 0 Å². The third-order valence-electron chi connectivity index (χ3n) is 27.5. The zero-order valence-corrected chi connectivity index (χ0v) is 104. The van der Waals surface area contributed by atoms with Gasteiger partial charge in [-0.2, -0.15) is 0 Å². The lowest BCUT2D eigenvalue weighted by Gasteiger charge is -2.43. The van der Waals surface area contributed by atoms with Crippen molar-refractivity contribution in [3.63, 3.8) is 0 Å². The summed E-state index contributed by atoms with van der Waals surface area (Å²) in [5.41, 5.74) is 11.2. The summed E-state index contributed by atoms with van der Waals surface area (Å²) in [6.45, 7) is 62.3. The van der Waals surface area contributed by atoms with Crippen molar-refractivity contribution < 1.29 is 71.3 Å². The highest BCUT2D eigenvalue weighted by atomic mass is 127. The molecule has 8 heterocycles. The molecule has 15 atom stereocenters. The second-order valence-electron chi connectivity index (χ2n) is 41.8. The molecule has 12 N–H and O–H groups in total. The molecule has 4 fully saturated rings. The number of anilines is 4. The van der Waals surface area contributed by atoms with Crippen molar-refractivity contribution in [2.45, 2.75) is 374 Å². The number of nitrogens with one attached hydrogen (secondary N) is 4. The summed E-state index contributed by atoms with van der Waals surface area (Å²) < 4.78 is 45.7. The molecule has 141 heavy (non-hydrogen) atoms. The lowest BCUT2D eigenvalue weighted by molar-refractivity contribution is -0.126. The quantitative estimate of drug-likeness (QED) is 0.00731. The highest BCUT2D eigenvalue weighted by Crippen LogP contribution is 2.48. The van der Waals surface area contributed by atoms with Gasteiger partial charge in [0, 0.05) is 62.5 Å². The van der Waals surface area contributed by atoms with Crippen molar-refractivity contribution in [2.75, 3.05) is 72.7 Å². The van der Waals surface area contributed by atoms with E-state index in [-0.39, 0.29) is 70.3 Å². The first-order chi connectivity index (χ1) is 66.3. The average Bonchev–Trinajstić information content (AvgIpc) is 1.60. The van der Waals surface area contributed by atoms with Gasteiger partial charge >= 0.3 is 25.7 Å². The molecule has 4 aliphatic carbocycles. The number of carbonyl (C=O) groups excluding carboxylic acids is 1. The summed E-state index contributed by atoms with van der Waals surface area (Å²) >= 11 is 13.3. The van der Waals surface area contributed by atoms with Crippen LogP contribution in [0.15, 0.2) is 57.5 Å². The van der Waals surface area contributed by atoms with Crippen LogP contribution >= 0.6 is 115 Å². The van der Waals surface area contributed by atoms with Gasteiger partial charge in [0.1, 0.15) is 68.7 Å². The van der Waals surface area contributed by atoms with E-state index in [1.54, 1.807) is 36.1 Å². The lowest BCUT2D eigenvalue weighted by Crippen LogP contribution is -2.54. The van der Waals surface area contributed by atoms with Crippen molar-refractivity contribution in [3.05, 3.63) is 66.8 Å². The molecule has 0 unspecified atom stereocenters. The van der Waals surface area contributed by atoms with E-state index in [1.165, 1.54) is 58.4 Å². The fraction of sp³-hybridized carbons (Fsp3) is 0.698. The molecule has 8 aromatic rings. The maximum absolute atomic E-state index is 13.4. The highest BCUT2D eigenvalue weighted by Gasteiger charge is 2.55. The zero-order valence-electron chi connectivity index (χ0n) is 88.4. The van der Waals surface area contributed by atoms with Crippen LogP contribution in [0.4, 0.5) is 23.3 Å². The normalized spacial score (nSPS) is 22.6. The Hall–Kier alpha value is -3.13. The minimum absolute atomic E-state index is 0.133. The fourth-order valence-corrected chi connectivity index (χ4v) is 55.4. The molecule has 8 aromatic heterocycles. The van der Waals surface area contributed by atoms with Gasteiger partial charge in [0.25, 0.3) is 0 Å². The van der Waals surface area contributed by atoms with Crippen LogP contribution < -0.4 is 21.3 Å². The standard InChI is InChI=1S/C30H49N5O4S2Si2.C30H47N5O4S2Si2.C24H46IN3O4SSi2.C12H18IN3O3S/c2*1-16(2)42(17(3)4)39-43(18(5)6,19(7)8)38-15-21-13-22(27(37)26(21)36)33-28-25(20(9)32-30(35-28)40-10)29-34-23-14-31-12-11-24(23)41-29;1-13(2)34(14(3)4)32-35(15(5)6,16(7)8)31-12-18-11-19(22(30)21(18)29)27-23-20(25)17(9)26-24(28-23)33-10;1-5-8(13)11(16-12(14-5)20-2)15-7-3-6(4-17)9(18)10(7)19/h11-12,14,16-19,21-22,26-27,36-37,42H,13,15H2,1-10H3,(H,32,33,35);11-12,14,16-19,21-22,26,36,42H,13,15H2,1-10H3,(H,32,33,35);13-16,18-19,21-22,29-30,34H,11-12H2,1-10H3,(H,26,27,28);6-7,9-10,17-19H,3-4H2,1-2H3,(H,14,15,16)/t21-,22-,26-,27+;21-,22-,26-;18-,19-,21-,22+;6-,7-,9-,10+/m1111/s1. The van der Waals surface area contributed by atoms with E-state index in [2.05, 4.69) is 272 Å². The molecule has 0 spiro atoms. The van der Waals surface area contributed by atoms with E-state index in [1.807, 2.05) is 64.9 Å². The summed E-state index contributed by atoms with van der Waals surface area (Å²) in [6, 6.07) is 2.24. The molecule has 12 rings (SSSR count). The first-order valence-electron chi connectivity index (χ1n) is 49.6. The molecule has 45 heteroatoms. The van der Waals surface area contributed by atoms with E-state index < -0.39 is 108 Å². The van der Waals surface area contributed by atoms with Gasteiger partial charge in [0.05, 0.1) is 105 Å². The molecule has 31 nitrogen and oxygen atoms in total. The number of hydrogen-bond acceptors (Lipinski definition) is 37. The number of ketones is 1. The third kappa shape index (κ3) is 29.6. The number of aromatic nitrogens is 12. The lowest BCUT2D eigenvalue weighted by atomic mass is 10.1. The minimum atomic E-state index is -2.66. The summed E-state index contributed by atoms with van der Waals surface area (Å²) in [6.07, 6.45) is 10.2. The molecule has 0 amide bonds. The van der Waals surface area contributed by atoms with Gasteiger partial charge in [0.15, 0.2) is 53.5 Å². The predicted octanol–water partition coefficient (Wildman–Crippen LogP) is 19.4. The number of rotatable bonds is 42. The van der Waals surface area contributed by atoms with Crippen LogP contribution in [0.2, 0.25) is 66.5 Å². The molecule has 0 bridgehead atoms. The van der Waals surface area contributed by atoms with E-state index in [9.17, 15) is 45.6 Å². The second kappa shape index (κ2) is 54.2. The topological polar surface area (TPSA) is 437 Å². The SMILES string of the molecule is CSc1nc(C)c(-c2nc3cnccc3s2)c(N[C@@H]2C[C@H](CO[Si](O[SiH](C(C)C)C(C)C)(C(C)C)C(C)C)[C@@H](O)C2=O)n1.CSc1nc(C)c(-c2nc3cnccc3s2)c(N[C@@H]2C[C@H](CO[Si](O[SiH](C(C)C)C(C)C)(C(C)C)C(C)C)[C@@H](O)[C@H]2O)n1.CSc1nc(C)c(I)c(N[C@@H]2C[C@H](CO)[C@@H](O)[C@H]2O)n1.CSc1nc(C)c(I)c(N[C@@H]2C[C@H](CO[Si](O[SiH](C(C)C)C(C)C)(C(C)C)C(C)C)[C@@H](O)[C@H]2O)n1. The fourth-order valence-electron chi connectivity index (χ4n) is 19.9. The number of halogens is 2. The van der Waals surface area contributed by atoms with Gasteiger partial charge in [-0.1, -0.05) is 213 Å². The summed E-state index contributed by atoms with van der Waals surface area (Å²) in [5, 5.41) is 102. The van der Waals surface area contributed by atoms with Gasteiger partial charge in [-0.15, -0.1) is 22.7 Å². The van der Waals surface area contributed by atoms with Crippen LogP contribution in [0.3, 0.4) is 0 Å². The number of pyridine rings is 2. The van der Waals surface area contributed by atoms with Crippen LogP contribution in [0.25, 0.3) is 41.6 Å².